The number of allylic oxidation sites excluding steroid dienone is 4. The van der Waals surface area contributed by atoms with E-state index in [1.54, 1.807) is 0 Å². The molecular formula is C6H3F4I. The van der Waals surface area contributed by atoms with Gasteiger partial charge in [-0.3, -0.25) is 0 Å². The lowest BCUT2D eigenvalue weighted by Gasteiger charge is -2.18. The number of hydrogen-bond donors (Lipinski definition) is 0. The van der Waals surface area contributed by atoms with Gasteiger partial charge in [-0.25, -0.2) is 17.6 Å². The fourth-order valence-corrected chi connectivity index (χ4v) is 1.19. The van der Waals surface area contributed by atoms with Gasteiger partial charge in [0.1, 0.15) is 5.83 Å². The molecule has 5 heteroatoms. The Kier molecular flexibility index (Phi) is 2.27. The Hall–Kier alpha value is -0.0700. The molecule has 11 heavy (non-hydrogen) atoms. The van der Waals surface area contributed by atoms with E-state index in [1.165, 1.54) is 0 Å². The zero-order valence-corrected chi connectivity index (χ0v) is 7.33. The van der Waals surface area contributed by atoms with Crippen LogP contribution in [0.2, 0.25) is 0 Å². The first-order valence-electron chi connectivity index (χ1n) is 2.75. The molecule has 0 amide bonds. The molecule has 0 aromatic rings. The van der Waals surface area contributed by atoms with Gasteiger partial charge in [-0.15, -0.1) is 0 Å². The zero-order chi connectivity index (χ0) is 8.65. The van der Waals surface area contributed by atoms with Crippen molar-refractivity contribution in [3.05, 3.63) is 23.6 Å². The van der Waals surface area contributed by atoms with Crippen molar-refractivity contribution in [1.29, 1.82) is 0 Å². The summed E-state index contributed by atoms with van der Waals surface area (Å²) in [6.45, 7) is 0. The first-order valence-corrected chi connectivity index (χ1v) is 3.82. The minimum Gasteiger partial charge on any atom is -0.216 e. The van der Waals surface area contributed by atoms with Crippen LogP contribution >= 0.6 is 22.6 Å². The summed E-state index contributed by atoms with van der Waals surface area (Å²) in [5.41, 5.74) is 0. The van der Waals surface area contributed by atoms with Gasteiger partial charge in [0, 0.05) is 6.42 Å². The van der Waals surface area contributed by atoms with Crippen LogP contribution in [0, 0.1) is 0 Å². The van der Waals surface area contributed by atoms with Crippen molar-refractivity contribution in [3.63, 3.8) is 0 Å². The van der Waals surface area contributed by atoms with Crippen molar-refractivity contribution in [2.75, 3.05) is 0 Å². The van der Waals surface area contributed by atoms with Gasteiger partial charge in [0.15, 0.2) is 11.7 Å². The third-order valence-corrected chi connectivity index (χ3v) is 2.26. The molecule has 0 nitrogen and oxygen atoms in total. The molecule has 0 spiro atoms. The van der Waals surface area contributed by atoms with Crippen LogP contribution in [-0.2, 0) is 0 Å². The highest BCUT2D eigenvalue weighted by Gasteiger charge is 2.42. The summed E-state index contributed by atoms with van der Waals surface area (Å²) in [4.78, 5) is 0. The van der Waals surface area contributed by atoms with Gasteiger partial charge in [-0.05, 0) is 28.7 Å². The van der Waals surface area contributed by atoms with Gasteiger partial charge in [-0.2, -0.15) is 0 Å². The van der Waals surface area contributed by atoms with Gasteiger partial charge in [-0.1, -0.05) is 0 Å². The van der Waals surface area contributed by atoms with Crippen molar-refractivity contribution in [2.45, 2.75) is 10.1 Å². The number of alkyl halides is 2. The van der Waals surface area contributed by atoms with Crippen molar-refractivity contribution in [2.24, 2.45) is 0 Å². The molecule has 0 aliphatic heterocycles. The third-order valence-electron chi connectivity index (χ3n) is 1.27. The Balaban J connectivity index is 3.07. The van der Waals surface area contributed by atoms with Crippen LogP contribution in [0.25, 0.3) is 0 Å². The molecule has 1 aliphatic carbocycles. The van der Waals surface area contributed by atoms with E-state index < -0.39 is 27.6 Å². The fraction of sp³-hybridized carbons (Fsp3) is 0.333. The van der Waals surface area contributed by atoms with Crippen LogP contribution in [0.15, 0.2) is 23.6 Å². The highest BCUT2D eigenvalue weighted by molar-refractivity contribution is 14.1. The standard InChI is InChI=1S/C6H3F4I/c7-3-1-2-4(8)6(10,11)5(3)9/h2H,1H2. The molecule has 0 radical (unpaired) electrons. The summed E-state index contributed by atoms with van der Waals surface area (Å²) < 4.78 is 47.0. The minimum absolute atomic E-state index is 0.508. The van der Waals surface area contributed by atoms with Crippen LogP contribution in [0.3, 0.4) is 0 Å². The summed E-state index contributed by atoms with van der Waals surface area (Å²) in [7, 11) is 0. The Bertz CT molecular complexity index is 241. The first-order chi connectivity index (χ1) is 4.96. The van der Waals surface area contributed by atoms with Crippen LogP contribution in [-0.4, -0.2) is 3.68 Å². The van der Waals surface area contributed by atoms with E-state index in [2.05, 4.69) is 0 Å². The molecule has 1 aliphatic rings. The molecule has 0 bridgehead atoms. The lowest BCUT2D eigenvalue weighted by molar-refractivity contribution is 0.281. The predicted molar refractivity (Wildman–Crippen MR) is 40.9 cm³/mol. The quantitative estimate of drug-likeness (QED) is 0.361. The molecule has 0 aromatic carbocycles. The van der Waals surface area contributed by atoms with Crippen molar-refractivity contribution < 1.29 is 17.6 Å². The molecule has 0 saturated heterocycles. The molecule has 1 unspecified atom stereocenters. The summed E-state index contributed by atoms with van der Waals surface area (Å²) in [5.74, 6) is -4.20. The van der Waals surface area contributed by atoms with Gasteiger partial charge >= 0.3 is 0 Å². The Labute approximate surface area is 74.1 Å². The predicted octanol–water partition coefficient (Wildman–Crippen LogP) is 3.49. The van der Waals surface area contributed by atoms with Gasteiger partial charge in [0.25, 0.3) is 3.68 Å². The van der Waals surface area contributed by atoms with E-state index in [0.717, 1.165) is 22.6 Å². The molecule has 1 rings (SSSR count). The molecule has 0 heterocycles. The number of halogens is 5. The molecule has 62 valence electrons. The van der Waals surface area contributed by atoms with E-state index in [0.29, 0.717) is 6.08 Å². The Morgan fingerprint density at radius 2 is 1.91 bits per heavy atom. The zero-order valence-electron chi connectivity index (χ0n) is 5.17. The van der Waals surface area contributed by atoms with E-state index in [4.69, 9.17) is 0 Å². The molecular weight excluding hydrogens is 275 g/mol. The van der Waals surface area contributed by atoms with Crippen LogP contribution < -0.4 is 0 Å². The molecule has 1 atom stereocenters. The third kappa shape index (κ3) is 1.43. The van der Waals surface area contributed by atoms with Gasteiger partial charge in [0.2, 0.25) is 0 Å². The summed E-state index contributed by atoms with van der Waals surface area (Å²) in [5, 5.41) is 0. The van der Waals surface area contributed by atoms with E-state index >= 15 is 0 Å². The minimum atomic E-state index is -2.93. The van der Waals surface area contributed by atoms with E-state index in [-0.39, 0.29) is 0 Å². The highest BCUT2D eigenvalue weighted by atomic mass is 127. The maximum Gasteiger partial charge on any atom is 0.264 e. The first kappa shape index (κ1) is 9.02. The number of rotatable bonds is 0. The lowest BCUT2D eigenvalue weighted by Crippen LogP contribution is -2.19. The normalized spacial score (nSPS) is 32.3. The molecule has 0 saturated carbocycles. The van der Waals surface area contributed by atoms with Crippen molar-refractivity contribution >= 4 is 22.6 Å². The van der Waals surface area contributed by atoms with Gasteiger partial charge < -0.3 is 0 Å². The molecule has 0 aromatic heterocycles. The SMILES string of the molecule is FC1=CCC(F)=C(F)C1(F)I. The second-order valence-electron chi connectivity index (χ2n) is 2.05. The summed E-state index contributed by atoms with van der Waals surface area (Å²) in [6, 6.07) is 0. The fourth-order valence-electron chi connectivity index (χ4n) is 0.672. The highest BCUT2D eigenvalue weighted by Crippen LogP contribution is 2.44. The molecule has 0 fully saturated rings. The second kappa shape index (κ2) is 2.76. The van der Waals surface area contributed by atoms with E-state index in [1.807, 2.05) is 0 Å². The Morgan fingerprint density at radius 1 is 1.36 bits per heavy atom. The second-order valence-corrected chi connectivity index (χ2v) is 3.54. The summed E-state index contributed by atoms with van der Waals surface area (Å²) >= 11 is 0.875. The van der Waals surface area contributed by atoms with E-state index in [9.17, 15) is 17.6 Å². The smallest absolute Gasteiger partial charge is 0.216 e. The van der Waals surface area contributed by atoms with Crippen molar-refractivity contribution in [1.82, 2.24) is 0 Å². The van der Waals surface area contributed by atoms with Crippen LogP contribution in [0.4, 0.5) is 17.6 Å². The maximum atomic E-state index is 12.8. The topological polar surface area (TPSA) is 0 Å². The average Bonchev–Trinajstić information content (AvgIpc) is 1.95. The number of hydrogen-bond acceptors (Lipinski definition) is 0. The maximum absolute atomic E-state index is 12.8. The monoisotopic (exact) mass is 278 g/mol. The van der Waals surface area contributed by atoms with Crippen LogP contribution in [0.1, 0.15) is 6.42 Å². The van der Waals surface area contributed by atoms with Crippen LogP contribution in [0.5, 0.6) is 0 Å². The van der Waals surface area contributed by atoms with Crippen molar-refractivity contribution in [3.8, 4) is 0 Å². The average molecular weight is 278 g/mol. The lowest BCUT2D eigenvalue weighted by atomic mass is 10.1. The summed E-state index contributed by atoms with van der Waals surface area (Å²) in [6.07, 6.45) is 0.178. The molecule has 0 N–H and O–H groups in total. The Morgan fingerprint density at radius 3 is 2.36 bits per heavy atom. The van der Waals surface area contributed by atoms with Gasteiger partial charge in [0.05, 0.1) is 0 Å². The largest absolute Gasteiger partial charge is 0.264 e.